The lowest BCUT2D eigenvalue weighted by Crippen LogP contribution is -2.52. The van der Waals surface area contributed by atoms with Gasteiger partial charge in [0, 0.05) is 37.4 Å². The van der Waals surface area contributed by atoms with Gasteiger partial charge in [-0.1, -0.05) is 30.0 Å². The molecule has 0 radical (unpaired) electrons. The van der Waals surface area contributed by atoms with Crippen molar-refractivity contribution < 1.29 is 18.0 Å². The Kier molecular flexibility index (Phi) is 6.56. The number of rotatable bonds is 2. The fourth-order valence-electron chi connectivity index (χ4n) is 3.38. The maximum Gasteiger partial charge on any atom is 0.416 e. The smallest absolute Gasteiger partial charge is 0.368 e. The summed E-state index contributed by atoms with van der Waals surface area (Å²) in [6.07, 6.45) is -4.40. The van der Waals surface area contributed by atoms with Crippen LogP contribution in [-0.4, -0.2) is 43.7 Å². The number of hydrogen-bond donors (Lipinski definition) is 1. The molecule has 1 saturated heterocycles. The highest BCUT2D eigenvalue weighted by atomic mass is 19.4. The van der Waals surface area contributed by atoms with Crippen LogP contribution in [0.4, 0.5) is 23.7 Å². The Bertz CT molecular complexity index is 968. The van der Waals surface area contributed by atoms with Gasteiger partial charge in [0.25, 0.3) is 0 Å². The third-order valence-corrected chi connectivity index (χ3v) is 5.23. The second kappa shape index (κ2) is 9.12. The molecule has 2 aromatic rings. The van der Waals surface area contributed by atoms with E-state index >= 15 is 0 Å². The molecule has 0 bridgehead atoms. The molecule has 1 aliphatic heterocycles. The van der Waals surface area contributed by atoms with E-state index in [1.54, 1.807) is 4.90 Å². The van der Waals surface area contributed by atoms with E-state index in [1.165, 1.54) is 28.9 Å². The third kappa shape index (κ3) is 5.26. The van der Waals surface area contributed by atoms with E-state index in [2.05, 4.69) is 48.0 Å². The molecule has 2 amide bonds. The molecule has 1 N–H and O–H groups in total. The Balaban J connectivity index is 1.49. The average Bonchev–Trinajstić information content (AvgIpc) is 2.73. The van der Waals surface area contributed by atoms with Gasteiger partial charge in [-0.2, -0.15) is 13.2 Å². The number of benzene rings is 2. The van der Waals surface area contributed by atoms with Gasteiger partial charge >= 0.3 is 12.2 Å². The van der Waals surface area contributed by atoms with Gasteiger partial charge in [0.15, 0.2) is 0 Å². The lowest BCUT2D eigenvalue weighted by molar-refractivity contribution is -0.137. The van der Waals surface area contributed by atoms with Gasteiger partial charge in [0.05, 0.1) is 12.1 Å². The van der Waals surface area contributed by atoms with Crippen LogP contribution in [-0.2, 0) is 6.18 Å². The second-order valence-electron chi connectivity index (χ2n) is 7.23. The number of piperazine rings is 1. The molecule has 0 saturated carbocycles. The molecule has 30 heavy (non-hydrogen) atoms. The fraction of sp³-hybridized carbons (Fsp3) is 0.348. The van der Waals surface area contributed by atoms with E-state index in [4.69, 9.17) is 0 Å². The topological polar surface area (TPSA) is 35.6 Å². The van der Waals surface area contributed by atoms with Crippen molar-refractivity contribution in [3.63, 3.8) is 0 Å². The van der Waals surface area contributed by atoms with Crippen LogP contribution in [0.5, 0.6) is 0 Å². The summed E-state index contributed by atoms with van der Waals surface area (Å²) in [7, 11) is 0. The predicted octanol–water partition coefficient (Wildman–Crippen LogP) is 4.21. The number of nitrogens with zero attached hydrogens (tertiary/aromatic N) is 2. The van der Waals surface area contributed by atoms with E-state index < -0.39 is 11.7 Å². The van der Waals surface area contributed by atoms with Crippen molar-refractivity contribution in [2.75, 3.05) is 37.6 Å². The Morgan fingerprint density at radius 2 is 1.77 bits per heavy atom. The molecule has 0 aromatic heterocycles. The molecule has 0 atom stereocenters. The molecule has 1 aliphatic rings. The van der Waals surface area contributed by atoms with Gasteiger partial charge in [-0.15, -0.1) is 0 Å². The summed E-state index contributed by atoms with van der Waals surface area (Å²) in [6.45, 7) is 6.95. The number of aryl methyl sites for hydroxylation is 1. The summed E-state index contributed by atoms with van der Waals surface area (Å²) < 4.78 is 38.2. The minimum Gasteiger partial charge on any atom is -0.368 e. The monoisotopic (exact) mass is 415 g/mol. The number of hydrogen-bond acceptors (Lipinski definition) is 2. The Morgan fingerprint density at radius 1 is 1.07 bits per heavy atom. The molecule has 1 fully saturated rings. The summed E-state index contributed by atoms with van der Waals surface area (Å²) in [5.74, 6) is 5.38. The number of urea groups is 1. The summed E-state index contributed by atoms with van der Waals surface area (Å²) in [5.41, 5.74) is 3.22. The maximum atomic E-state index is 12.7. The number of amides is 2. The van der Waals surface area contributed by atoms with Crippen LogP contribution >= 0.6 is 0 Å². The van der Waals surface area contributed by atoms with Crippen molar-refractivity contribution >= 4 is 11.7 Å². The van der Waals surface area contributed by atoms with Gasteiger partial charge in [0.1, 0.15) is 0 Å². The summed E-state index contributed by atoms with van der Waals surface area (Å²) in [6, 6.07) is 10.8. The Labute approximate surface area is 174 Å². The average molecular weight is 415 g/mol. The summed E-state index contributed by atoms with van der Waals surface area (Å²) in [4.78, 5) is 16.3. The van der Waals surface area contributed by atoms with Crippen molar-refractivity contribution in [3.8, 4) is 11.8 Å². The van der Waals surface area contributed by atoms with E-state index in [1.807, 2.05) is 6.07 Å². The molecule has 0 unspecified atom stereocenters. The largest absolute Gasteiger partial charge is 0.416 e. The van der Waals surface area contributed by atoms with Gasteiger partial charge in [-0.3, -0.25) is 0 Å². The van der Waals surface area contributed by atoms with E-state index in [0.717, 1.165) is 25.2 Å². The van der Waals surface area contributed by atoms with Crippen molar-refractivity contribution in [3.05, 3.63) is 64.7 Å². The van der Waals surface area contributed by atoms with Crippen LogP contribution in [0.2, 0.25) is 0 Å². The molecule has 4 nitrogen and oxygen atoms in total. The molecule has 3 rings (SSSR count). The lowest BCUT2D eigenvalue weighted by Gasteiger charge is -2.36. The molecular formula is C23H24F3N3O. The number of carbonyl (C=O) groups is 1. The van der Waals surface area contributed by atoms with Crippen LogP contribution in [0.1, 0.15) is 22.3 Å². The first-order valence-electron chi connectivity index (χ1n) is 9.76. The molecule has 7 heteroatoms. The van der Waals surface area contributed by atoms with Crippen LogP contribution in [0.15, 0.2) is 42.5 Å². The van der Waals surface area contributed by atoms with Gasteiger partial charge in [0.2, 0.25) is 0 Å². The van der Waals surface area contributed by atoms with E-state index in [0.29, 0.717) is 13.1 Å². The zero-order valence-corrected chi connectivity index (χ0v) is 17.0. The van der Waals surface area contributed by atoms with E-state index in [-0.39, 0.29) is 18.1 Å². The highest BCUT2D eigenvalue weighted by Gasteiger charge is 2.30. The molecular weight excluding hydrogens is 391 g/mol. The third-order valence-electron chi connectivity index (χ3n) is 5.23. The van der Waals surface area contributed by atoms with Crippen molar-refractivity contribution in [2.45, 2.75) is 20.0 Å². The number of carbonyl (C=O) groups excluding carboxylic acids is 1. The fourth-order valence-corrected chi connectivity index (χ4v) is 3.38. The first kappa shape index (κ1) is 21.6. The Hall–Kier alpha value is -3.14. The van der Waals surface area contributed by atoms with Crippen molar-refractivity contribution in [1.29, 1.82) is 0 Å². The number of halogens is 3. The van der Waals surface area contributed by atoms with Crippen LogP contribution in [0, 0.1) is 25.7 Å². The number of alkyl halides is 3. The SMILES string of the molecule is Cc1cccc(N2CCN(C(=O)NCC#Cc3cccc(C(F)(F)F)c3)CC2)c1C. The predicted molar refractivity (Wildman–Crippen MR) is 111 cm³/mol. The highest BCUT2D eigenvalue weighted by Crippen LogP contribution is 2.29. The summed E-state index contributed by atoms with van der Waals surface area (Å²) in [5, 5.41) is 2.72. The van der Waals surface area contributed by atoms with E-state index in [9.17, 15) is 18.0 Å². The van der Waals surface area contributed by atoms with Gasteiger partial charge in [-0.05, 0) is 49.2 Å². The maximum absolute atomic E-state index is 12.7. The van der Waals surface area contributed by atoms with Crippen molar-refractivity contribution in [1.82, 2.24) is 10.2 Å². The summed E-state index contributed by atoms with van der Waals surface area (Å²) >= 11 is 0. The quantitative estimate of drug-likeness (QED) is 0.746. The van der Waals surface area contributed by atoms with Crippen LogP contribution in [0.3, 0.4) is 0 Å². The van der Waals surface area contributed by atoms with Crippen molar-refractivity contribution in [2.24, 2.45) is 0 Å². The normalized spacial score (nSPS) is 14.2. The van der Waals surface area contributed by atoms with Gasteiger partial charge < -0.3 is 15.1 Å². The standard InChI is InChI=1S/C23H24F3N3O/c1-17-6-3-10-21(18(17)2)28-12-14-29(15-13-28)22(30)27-11-5-8-19-7-4-9-20(16-19)23(24,25)26/h3-4,6-7,9-10,16H,11-15H2,1-2H3,(H,27,30). The zero-order chi connectivity index (χ0) is 21.7. The molecule has 2 aromatic carbocycles. The first-order chi connectivity index (χ1) is 14.3. The zero-order valence-electron chi connectivity index (χ0n) is 17.0. The second-order valence-corrected chi connectivity index (χ2v) is 7.23. The Morgan fingerprint density at radius 3 is 2.47 bits per heavy atom. The molecule has 158 valence electrons. The molecule has 1 heterocycles. The van der Waals surface area contributed by atoms with Gasteiger partial charge in [-0.25, -0.2) is 4.79 Å². The number of nitrogens with one attached hydrogen (secondary N) is 1. The minimum absolute atomic E-state index is 0.0757. The van der Waals surface area contributed by atoms with Crippen LogP contribution < -0.4 is 10.2 Å². The first-order valence-corrected chi connectivity index (χ1v) is 9.76. The highest BCUT2D eigenvalue weighted by molar-refractivity contribution is 5.75. The number of anilines is 1. The minimum atomic E-state index is -4.40. The van der Waals surface area contributed by atoms with Crippen LogP contribution in [0.25, 0.3) is 0 Å². The molecule has 0 aliphatic carbocycles. The lowest BCUT2D eigenvalue weighted by atomic mass is 10.1. The molecule has 0 spiro atoms.